The molecule has 0 atom stereocenters. The van der Waals surface area contributed by atoms with Crippen molar-refractivity contribution >= 4 is 11.0 Å². The van der Waals surface area contributed by atoms with Crippen LogP contribution in [0, 0.1) is 0 Å². The lowest BCUT2D eigenvalue weighted by Crippen LogP contribution is -2.24. The van der Waals surface area contributed by atoms with E-state index in [0.717, 1.165) is 22.3 Å². The first-order valence-electron chi connectivity index (χ1n) is 6.80. The average Bonchev–Trinajstić information content (AvgIpc) is 2.75. The fraction of sp³-hybridized carbons (Fsp3) is 0.467. The predicted octanol–water partition coefficient (Wildman–Crippen LogP) is 3.54. The summed E-state index contributed by atoms with van der Waals surface area (Å²) in [6.07, 6.45) is -4.93. The van der Waals surface area contributed by atoms with Gasteiger partial charge in [-0.2, -0.15) is 13.2 Å². The summed E-state index contributed by atoms with van der Waals surface area (Å²) in [5.74, 6) is 0.776. The van der Waals surface area contributed by atoms with Crippen LogP contribution in [0.3, 0.4) is 0 Å². The van der Waals surface area contributed by atoms with Crippen LogP contribution in [0.2, 0.25) is 0 Å². The van der Waals surface area contributed by atoms with Gasteiger partial charge < -0.3 is 14.6 Å². The van der Waals surface area contributed by atoms with Gasteiger partial charge in [0, 0.05) is 24.0 Å². The molecule has 0 aliphatic heterocycles. The minimum Gasteiger partial charge on any atom is -0.459 e. The van der Waals surface area contributed by atoms with E-state index in [1.807, 2.05) is 31.3 Å². The molecule has 1 N–H and O–H groups in total. The Morgan fingerprint density at radius 1 is 1.24 bits per heavy atom. The van der Waals surface area contributed by atoms with Gasteiger partial charge >= 0.3 is 6.18 Å². The Kier molecular flexibility index (Phi) is 4.90. The maximum Gasteiger partial charge on any atom is 0.390 e. The van der Waals surface area contributed by atoms with Crippen LogP contribution < -0.4 is 5.32 Å². The molecule has 0 bridgehead atoms. The molecule has 0 amide bonds. The summed E-state index contributed by atoms with van der Waals surface area (Å²) < 4.78 is 42.7. The van der Waals surface area contributed by atoms with Crippen molar-refractivity contribution in [2.75, 3.05) is 20.6 Å². The summed E-state index contributed by atoms with van der Waals surface area (Å²) in [5, 5.41) is 3.98. The number of alkyl halides is 3. The molecule has 6 heteroatoms. The van der Waals surface area contributed by atoms with Crippen LogP contribution in [0.4, 0.5) is 13.2 Å². The Morgan fingerprint density at radius 3 is 2.62 bits per heavy atom. The molecule has 1 aromatic heterocycles. The smallest absolute Gasteiger partial charge is 0.390 e. The molecule has 1 aromatic carbocycles. The van der Waals surface area contributed by atoms with Gasteiger partial charge in [-0.15, -0.1) is 0 Å². The van der Waals surface area contributed by atoms with Gasteiger partial charge in [0.25, 0.3) is 0 Å². The number of nitrogens with one attached hydrogen (secondary N) is 1. The van der Waals surface area contributed by atoms with E-state index in [2.05, 4.69) is 5.32 Å². The average molecular weight is 300 g/mol. The zero-order valence-electron chi connectivity index (χ0n) is 12.1. The Hall–Kier alpha value is -1.53. The van der Waals surface area contributed by atoms with E-state index < -0.39 is 12.6 Å². The topological polar surface area (TPSA) is 28.4 Å². The third-order valence-corrected chi connectivity index (χ3v) is 3.32. The van der Waals surface area contributed by atoms with Gasteiger partial charge in [-0.3, -0.25) is 0 Å². The first kappa shape index (κ1) is 15.9. The molecule has 2 aromatic rings. The molecule has 116 valence electrons. The molecule has 1 heterocycles. The predicted molar refractivity (Wildman–Crippen MR) is 76.0 cm³/mol. The fourth-order valence-electron chi connectivity index (χ4n) is 2.29. The number of furan rings is 1. The van der Waals surface area contributed by atoms with Gasteiger partial charge in [-0.25, -0.2) is 0 Å². The molecule has 0 aliphatic carbocycles. The second kappa shape index (κ2) is 6.49. The second-order valence-electron chi connectivity index (χ2n) is 5.13. The van der Waals surface area contributed by atoms with Crippen LogP contribution >= 0.6 is 0 Å². The molecular formula is C15H19F3N2O. The van der Waals surface area contributed by atoms with Crippen LogP contribution in [-0.4, -0.2) is 31.7 Å². The quantitative estimate of drug-likeness (QED) is 0.884. The molecule has 2 rings (SSSR count). The standard InChI is InChI=1S/C15H19F3N2O/c1-19-9-14-12(10-20(2)8-7-15(16,17)18)11-5-3-4-6-13(11)21-14/h3-6,19H,7-10H2,1-2H3. The van der Waals surface area contributed by atoms with E-state index in [4.69, 9.17) is 4.42 Å². The highest BCUT2D eigenvalue weighted by Crippen LogP contribution is 2.27. The molecule has 0 saturated heterocycles. The number of hydrogen-bond acceptors (Lipinski definition) is 3. The lowest BCUT2D eigenvalue weighted by Gasteiger charge is -2.17. The van der Waals surface area contributed by atoms with Crippen LogP contribution in [0.1, 0.15) is 17.7 Å². The van der Waals surface area contributed by atoms with Crippen molar-refractivity contribution in [3.63, 3.8) is 0 Å². The summed E-state index contributed by atoms with van der Waals surface area (Å²) in [5.41, 5.74) is 1.71. The number of rotatable bonds is 6. The van der Waals surface area contributed by atoms with Gasteiger partial charge in [-0.05, 0) is 20.2 Å². The Bertz CT molecular complexity index is 592. The molecule has 0 fully saturated rings. The molecular weight excluding hydrogens is 281 g/mol. The van der Waals surface area contributed by atoms with Gasteiger partial charge in [0.15, 0.2) is 0 Å². The summed E-state index contributed by atoms with van der Waals surface area (Å²) >= 11 is 0. The molecule has 0 aliphatic rings. The van der Waals surface area contributed by atoms with E-state index in [9.17, 15) is 13.2 Å². The zero-order chi connectivity index (χ0) is 15.5. The van der Waals surface area contributed by atoms with Crippen LogP contribution in [-0.2, 0) is 13.1 Å². The third-order valence-electron chi connectivity index (χ3n) is 3.32. The Balaban J connectivity index is 2.17. The minimum atomic E-state index is -4.12. The van der Waals surface area contributed by atoms with E-state index in [1.54, 1.807) is 11.9 Å². The van der Waals surface area contributed by atoms with Gasteiger partial charge in [0.1, 0.15) is 11.3 Å². The number of fused-ring (bicyclic) bond motifs is 1. The van der Waals surface area contributed by atoms with Gasteiger partial charge in [0.05, 0.1) is 13.0 Å². The van der Waals surface area contributed by atoms with Crippen molar-refractivity contribution in [2.45, 2.75) is 25.7 Å². The summed E-state index contributed by atoms with van der Waals surface area (Å²) in [6.45, 7) is 0.962. The van der Waals surface area contributed by atoms with Crippen molar-refractivity contribution in [3.05, 3.63) is 35.6 Å². The fourth-order valence-corrected chi connectivity index (χ4v) is 2.29. The second-order valence-corrected chi connectivity index (χ2v) is 5.13. The van der Waals surface area contributed by atoms with Crippen LogP contribution in [0.25, 0.3) is 11.0 Å². The zero-order valence-corrected chi connectivity index (χ0v) is 12.1. The highest BCUT2D eigenvalue weighted by molar-refractivity contribution is 5.82. The molecule has 0 saturated carbocycles. The molecule has 0 radical (unpaired) electrons. The maximum absolute atomic E-state index is 12.3. The first-order chi connectivity index (χ1) is 9.90. The van der Waals surface area contributed by atoms with Crippen LogP contribution in [0.5, 0.6) is 0 Å². The number of hydrogen-bond donors (Lipinski definition) is 1. The summed E-state index contributed by atoms with van der Waals surface area (Å²) in [6, 6.07) is 7.59. The minimum absolute atomic E-state index is 0.0258. The Morgan fingerprint density at radius 2 is 1.95 bits per heavy atom. The monoisotopic (exact) mass is 300 g/mol. The SMILES string of the molecule is CNCc1oc2ccccc2c1CN(C)CCC(F)(F)F. The van der Waals surface area contributed by atoms with Gasteiger partial charge in [-0.1, -0.05) is 18.2 Å². The van der Waals surface area contributed by atoms with Crippen LogP contribution in [0.15, 0.2) is 28.7 Å². The number of benzene rings is 1. The number of halogens is 3. The van der Waals surface area contributed by atoms with E-state index in [0.29, 0.717) is 13.1 Å². The van der Waals surface area contributed by atoms with Crippen molar-refractivity contribution in [2.24, 2.45) is 0 Å². The number of nitrogens with zero attached hydrogens (tertiary/aromatic N) is 1. The normalized spacial score (nSPS) is 12.5. The lowest BCUT2D eigenvalue weighted by molar-refractivity contribution is -0.137. The van der Waals surface area contributed by atoms with Crippen molar-refractivity contribution in [1.29, 1.82) is 0 Å². The highest BCUT2D eigenvalue weighted by atomic mass is 19.4. The lowest BCUT2D eigenvalue weighted by atomic mass is 10.1. The first-order valence-corrected chi connectivity index (χ1v) is 6.80. The molecule has 0 unspecified atom stereocenters. The molecule has 0 spiro atoms. The van der Waals surface area contributed by atoms with Gasteiger partial charge in [0.2, 0.25) is 0 Å². The largest absolute Gasteiger partial charge is 0.459 e. The van der Waals surface area contributed by atoms with E-state index in [-0.39, 0.29) is 6.54 Å². The molecule has 3 nitrogen and oxygen atoms in total. The van der Waals surface area contributed by atoms with E-state index >= 15 is 0 Å². The molecule has 21 heavy (non-hydrogen) atoms. The summed E-state index contributed by atoms with van der Waals surface area (Å²) in [7, 11) is 3.50. The van der Waals surface area contributed by atoms with Crippen molar-refractivity contribution in [3.8, 4) is 0 Å². The van der Waals surface area contributed by atoms with Crippen molar-refractivity contribution < 1.29 is 17.6 Å². The summed E-state index contributed by atoms with van der Waals surface area (Å²) in [4.78, 5) is 1.67. The van der Waals surface area contributed by atoms with Crippen molar-refractivity contribution in [1.82, 2.24) is 10.2 Å². The Labute approximate surface area is 121 Å². The van der Waals surface area contributed by atoms with E-state index in [1.165, 1.54) is 0 Å². The number of para-hydroxylation sites is 1. The third kappa shape index (κ3) is 4.22. The maximum atomic E-state index is 12.3. The highest BCUT2D eigenvalue weighted by Gasteiger charge is 2.27.